The topological polar surface area (TPSA) is 37.3 Å². The SMILES string of the molecule is C=CC1CCC2C(=C)C[C@]1(CO)C2=O. The number of hydrogen-bond acceptors (Lipinski definition) is 2. The zero-order valence-corrected chi connectivity index (χ0v) is 8.33. The average molecular weight is 192 g/mol. The summed E-state index contributed by atoms with van der Waals surface area (Å²) in [6.45, 7) is 7.65. The van der Waals surface area contributed by atoms with E-state index >= 15 is 0 Å². The second-order valence-corrected chi connectivity index (χ2v) is 4.49. The molecule has 0 aromatic heterocycles. The maximum absolute atomic E-state index is 12.1. The van der Waals surface area contributed by atoms with Crippen molar-refractivity contribution >= 4 is 5.78 Å². The fourth-order valence-corrected chi connectivity index (χ4v) is 3.01. The van der Waals surface area contributed by atoms with Gasteiger partial charge in [0.2, 0.25) is 0 Å². The standard InChI is InChI=1S/C12H16O2/c1-3-9-4-5-10-8(2)6-12(9,7-13)11(10)14/h3,9-10,13H,1-2,4-7H2/t9?,10?,12-/m1/s1. The van der Waals surface area contributed by atoms with Gasteiger partial charge in [0.1, 0.15) is 5.78 Å². The quantitative estimate of drug-likeness (QED) is 0.676. The number of allylic oxidation sites excluding steroid dienone is 2. The van der Waals surface area contributed by atoms with Gasteiger partial charge in [0.25, 0.3) is 0 Å². The van der Waals surface area contributed by atoms with Gasteiger partial charge in [-0.05, 0) is 25.2 Å². The molecule has 3 atom stereocenters. The molecule has 2 saturated carbocycles. The largest absolute Gasteiger partial charge is 0.395 e. The lowest BCUT2D eigenvalue weighted by Gasteiger charge is -2.36. The van der Waals surface area contributed by atoms with Crippen molar-refractivity contribution in [2.24, 2.45) is 17.3 Å². The fraction of sp³-hybridized carbons (Fsp3) is 0.583. The second-order valence-electron chi connectivity index (χ2n) is 4.49. The first kappa shape index (κ1) is 9.66. The number of carbonyl (C=O) groups excluding carboxylic acids is 1. The Labute approximate surface area is 84.3 Å². The third-order valence-electron chi connectivity index (χ3n) is 3.89. The summed E-state index contributed by atoms with van der Waals surface area (Å²) in [6, 6.07) is 0. The molecule has 2 heteroatoms. The average Bonchev–Trinajstić information content (AvgIpc) is 2.35. The zero-order chi connectivity index (χ0) is 10.3. The molecule has 0 amide bonds. The molecule has 14 heavy (non-hydrogen) atoms. The highest BCUT2D eigenvalue weighted by molar-refractivity contribution is 5.94. The Morgan fingerprint density at radius 2 is 2.29 bits per heavy atom. The summed E-state index contributed by atoms with van der Waals surface area (Å²) in [7, 11) is 0. The molecule has 0 heterocycles. The maximum atomic E-state index is 12.1. The molecule has 1 N–H and O–H groups in total. The third-order valence-corrected chi connectivity index (χ3v) is 3.89. The second kappa shape index (κ2) is 3.06. The van der Waals surface area contributed by atoms with Crippen LogP contribution in [0.5, 0.6) is 0 Å². The summed E-state index contributed by atoms with van der Waals surface area (Å²) in [5, 5.41) is 9.45. The van der Waals surface area contributed by atoms with E-state index < -0.39 is 5.41 Å². The van der Waals surface area contributed by atoms with Crippen LogP contribution in [-0.2, 0) is 4.79 Å². The van der Waals surface area contributed by atoms with Gasteiger partial charge in [-0.15, -0.1) is 6.58 Å². The van der Waals surface area contributed by atoms with Crippen molar-refractivity contribution in [2.75, 3.05) is 6.61 Å². The molecule has 0 aromatic rings. The van der Waals surface area contributed by atoms with E-state index in [2.05, 4.69) is 13.2 Å². The minimum atomic E-state index is -0.568. The van der Waals surface area contributed by atoms with Gasteiger partial charge < -0.3 is 5.11 Å². The van der Waals surface area contributed by atoms with Crippen molar-refractivity contribution in [2.45, 2.75) is 19.3 Å². The van der Waals surface area contributed by atoms with Crippen LogP contribution in [0.15, 0.2) is 24.8 Å². The number of Topliss-reactive ketones (excluding diaryl/α,β-unsaturated/α-hetero) is 1. The van der Waals surface area contributed by atoms with Crippen molar-refractivity contribution in [3.05, 3.63) is 24.8 Å². The van der Waals surface area contributed by atoms with Gasteiger partial charge >= 0.3 is 0 Å². The Morgan fingerprint density at radius 3 is 2.86 bits per heavy atom. The van der Waals surface area contributed by atoms with Crippen molar-refractivity contribution in [1.29, 1.82) is 0 Å². The molecule has 2 nitrogen and oxygen atoms in total. The van der Waals surface area contributed by atoms with E-state index in [-0.39, 0.29) is 24.2 Å². The van der Waals surface area contributed by atoms with Crippen LogP contribution < -0.4 is 0 Å². The summed E-state index contributed by atoms with van der Waals surface area (Å²) in [6.07, 6.45) is 4.32. The molecule has 2 unspecified atom stereocenters. The van der Waals surface area contributed by atoms with Gasteiger partial charge in [-0.25, -0.2) is 0 Å². The Hall–Kier alpha value is -0.890. The Kier molecular flexibility index (Phi) is 2.11. The van der Waals surface area contributed by atoms with Gasteiger partial charge in [0, 0.05) is 5.92 Å². The molecular weight excluding hydrogens is 176 g/mol. The molecule has 0 spiro atoms. The van der Waals surface area contributed by atoms with Gasteiger partial charge in [-0.1, -0.05) is 18.2 Å². The van der Waals surface area contributed by atoms with Gasteiger partial charge in [0.15, 0.2) is 0 Å². The molecule has 2 bridgehead atoms. The lowest BCUT2D eigenvalue weighted by atomic mass is 9.67. The van der Waals surface area contributed by atoms with Gasteiger partial charge in [0.05, 0.1) is 12.0 Å². The molecule has 0 aromatic carbocycles. The maximum Gasteiger partial charge on any atom is 0.149 e. The first-order valence-corrected chi connectivity index (χ1v) is 5.11. The number of hydrogen-bond donors (Lipinski definition) is 1. The highest BCUT2D eigenvalue weighted by Gasteiger charge is 2.55. The normalized spacial score (nSPS) is 41.5. The molecule has 2 aliphatic rings. The van der Waals surface area contributed by atoms with Crippen LogP contribution in [0, 0.1) is 17.3 Å². The molecule has 0 saturated heterocycles. The Bertz CT molecular complexity index is 305. The van der Waals surface area contributed by atoms with Crippen molar-refractivity contribution < 1.29 is 9.90 Å². The van der Waals surface area contributed by atoms with E-state index in [1.165, 1.54) is 0 Å². The minimum Gasteiger partial charge on any atom is -0.395 e. The molecule has 0 aliphatic heterocycles. The van der Waals surface area contributed by atoms with Crippen LogP contribution in [0.25, 0.3) is 0 Å². The predicted molar refractivity (Wildman–Crippen MR) is 54.7 cm³/mol. The van der Waals surface area contributed by atoms with E-state index in [1.54, 1.807) is 0 Å². The summed E-state index contributed by atoms with van der Waals surface area (Å²) >= 11 is 0. The highest BCUT2D eigenvalue weighted by Crippen LogP contribution is 2.53. The van der Waals surface area contributed by atoms with Crippen LogP contribution in [0.2, 0.25) is 0 Å². The molecule has 2 fully saturated rings. The Balaban J connectivity index is 2.43. The number of aliphatic hydroxyl groups is 1. The Morgan fingerprint density at radius 1 is 1.57 bits per heavy atom. The number of aliphatic hydroxyl groups excluding tert-OH is 1. The number of ketones is 1. The summed E-state index contributed by atoms with van der Waals surface area (Å²) in [4.78, 5) is 12.1. The first-order valence-electron chi connectivity index (χ1n) is 5.11. The number of carbonyl (C=O) groups is 1. The van der Waals surface area contributed by atoms with E-state index in [1.807, 2.05) is 6.08 Å². The summed E-state index contributed by atoms with van der Waals surface area (Å²) in [5.74, 6) is 0.343. The van der Waals surface area contributed by atoms with Gasteiger partial charge in [-0.3, -0.25) is 4.79 Å². The van der Waals surface area contributed by atoms with Crippen molar-refractivity contribution in [3.63, 3.8) is 0 Å². The molecule has 76 valence electrons. The molecular formula is C12H16O2. The lowest BCUT2D eigenvalue weighted by molar-refractivity contribution is -0.136. The molecule has 2 aliphatic carbocycles. The van der Waals surface area contributed by atoms with Crippen molar-refractivity contribution in [3.8, 4) is 0 Å². The molecule has 2 rings (SSSR count). The zero-order valence-electron chi connectivity index (χ0n) is 8.33. The smallest absolute Gasteiger partial charge is 0.149 e. The summed E-state index contributed by atoms with van der Waals surface area (Å²) < 4.78 is 0. The third kappa shape index (κ3) is 0.976. The van der Waals surface area contributed by atoms with E-state index in [9.17, 15) is 9.90 Å². The van der Waals surface area contributed by atoms with Crippen LogP contribution in [0.3, 0.4) is 0 Å². The van der Waals surface area contributed by atoms with E-state index in [0.717, 1.165) is 18.4 Å². The van der Waals surface area contributed by atoms with Crippen LogP contribution in [0.1, 0.15) is 19.3 Å². The fourth-order valence-electron chi connectivity index (χ4n) is 3.01. The predicted octanol–water partition coefficient (Wildman–Crippen LogP) is 1.71. The van der Waals surface area contributed by atoms with E-state index in [0.29, 0.717) is 6.42 Å². The van der Waals surface area contributed by atoms with Crippen LogP contribution in [0.4, 0.5) is 0 Å². The monoisotopic (exact) mass is 192 g/mol. The highest BCUT2D eigenvalue weighted by atomic mass is 16.3. The van der Waals surface area contributed by atoms with Crippen LogP contribution in [-0.4, -0.2) is 17.5 Å². The van der Waals surface area contributed by atoms with Gasteiger partial charge in [-0.2, -0.15) is 0 Å². The van der Waals surface area contributed by atoms with Crippen LogP contribution >= 0.6 is 0 Å². The van der Waals surface area contributed by atoms with Crippen molar-refractivity contribution in [1.82, 2.24) is 0 Å². The van der Waals surface area contributed by atoms with E-state index in [4.69, 9.17) is 0 Å². The minimum absolute atomic E-state index is 0.0124. The molecule has 0 radical (unpaired) electrons. The lowest BCUT2D eigenvalue weighted by Crippen LogP contribution is -2.42. The number of fused-ring (bicyclic) bond motifs is 2. The first-order chi connectivity index (χ1) is 6.65. The number of rotatable bonds is 2. The summed E-state index contributed by atoms with van der Waals surface area (Å²) in [5.41, 5.74) is 0.440.